The van der Waals surface area contributed by atoms with Gasteiger partial charge in [0.05, 0.1) is 4.79 Å². The minimum Gasteiger partial charge on any atom is -0.125 e. The zero-order valence-corrected chi connectivity index (χ0v) is 11.3. The molecule has 0 saturated heterocycles. The van der Waals surface area contributed by atoms with E-state index in [-0.39, 0.29) is 4.84 Å². The van der Waals surface area contributed by atoms with Gasteiger partial charge in [0.15, 0.2) is 0 Å². The van der Waals surface area contributed by atoms with Crippen LogP contribution in [-0.2, 0) is 0 Å². The largest absolute Gasteiger partial charge is 0.125 e. The van der Waals surface area contributed by atoms with Gasteiger partial charge in [0.1, 0.15) is 4.84 Å². The van der Waals surface area contributed by atoms with Gasteiger partial charge in [-0.25, -0.2) is 0 Å². The maximum Gasteiger partial charge on any atom is 0.105 e. The van der Waals surface area contributed by atoms with Crippen LogP contribution in [0.1, 0.15) is 6.92 Å². The number of hydrogen-bond acceptors (Lipinski definition) is 0. The minimum absolute atomic E-state index is 0.222. The monoisotopic (exact) mass is 324 g/mol. The van der Waals surface area contributed by atoms with Gasteiger partial charge in [-0.15, -0.1) is 58.0 Å². The van der Waals surface area contributed by atoms with Crippen LogP contribution in [0.25, 0.3) is 0 Å². The van der Waals surface area contributed by atoms with Crippen molar-refractivity contribution in [1.82, 2.24) is 0 Å². The van der Waals surface area contributed by atoms with Gasteiger partial charge in [-0.3, -0.25) is 0 Å². The molecule has 0 aromatic rings. The lowest BCUT2D eigenvalue weighted by Gasteiger charge is -1.72. The molecule has 0 aliphatic heterocycles. The smallest absolute Gasteiger partial charge is 0.105 e. The summed E-state index contributed by atoms with van der Waals surface area (Å²) in [4.78, 5) is 0.312. The molecule has 0 radical (unpaired) electrons. The summed E-state index contributed by atoms with van der Waals surface area (Å²) in [5.41, 5.74) is 0. The lowest BCUT2D eigenvalue weighted by atomic mass is 11.0. The molecule has 0 saturated carbocycles. The summed E-state index contributed by atoms with van der Waals surface area (Å²) in [7, 11) is 0. The van der Waals surface area contributed by atoms with Gasteiger partial charge < -0.3 is 0 Å². The zero-order valence-electron chi connectivity index (χ0n) is 5.97. The van der Waals surface area contributed by atoms with E-state index in [0.717, 1.165) is 0 Å². The molecule has 0 aromatic heterocycles. The quantitative estimate of drug-likeness (QED) is 0.604. The number of halogens is 6. The van der Waals surface area contributed by atoms with Crippen molar-refractivity contribution in [3.63, 3.8) is 0 Å². The molecule has 0 unspecified atom stereocenters. The molecular weight excluding hydrogens is 317 g/mol. The predicted molar refractivity (Wildman–Crippen MR) is 62.3 cm³/mol. The Bertz CT molecular complexity index is 39.1. The van der Waals surface area contributed by atoms with E-state index in [4.69, 9.17) is 58.0 Å². The second-order valence-corrected chi connectivity index (χ2v) is 4.76. The molecule has 0 bridgehead atoms. The van der Waals surface area contributed by atoms with Crippen molar-refractivity contribution in [3.05, 3.63) is 0 Å². The predicted octanol–water partition coefficient (Wildman–Crippen LogP) is 4.85. The molecule has 0 rings (SSSR count). The molecule has 0 N–H and O–H groups in total. The fraction of sp³-hybridized carbons (Fsp3) is 1.00. The highest BCUT2D eigenvalue weighted by molar-refractivity contribution is 9.09. The van der Waals surface area contributed by atoms with Gasteiger partial charge in [-0.1, -0.05) is 15.9 Å². The Labute approximate surface area is 102 Å². The van der Waals surface area contributed by atoms with Gasteiger partial charge in [0, 0.05) is 11.8 Å². The average molecular weight is 327 g/mol. The summed E-state index contributed by atoms with van der Waals surface area (Å²) in [5.74, 6) is 1.11. The van der Waals surface area contributed by atoms with E-state index in [1.807, 2.05) is 0 Å². The molecule has 0 atom stereocenters. The zero-order chi connectivity index (χ0) is 9.70. The van der Waals surface area contributed by atoms with E-state index in [2.05, 4.69) is 15.9 Å². The van der Waals surface area contributed by atoms with Gasteiger partial charge in [-0.2, -0.15) is 0 Å². The molecular formula is C5H10BrCl5. The molecule has 0 aromatic carbocycles. The lowest BCUT2D eigenvalue weighted by molar-refractivity contribution is 1.39. The van der Waals surface area contributed by atoms with Crippen molar-refractivity contribution in [1.29, 1.82) is 0 Å². The fourth-order valence-electron chi connectivity index (χ4n) is 0. The lowest BCUT2D eigenvalue weighted by Crippen LogP contribution is -1.63. The Morgan fingerprint density at radius 1 is 1.09 bits per heavy atom. The van der Waals surface area contributed by atoms with E-state index < -0.39 is 0 Å². The Balaban J connectivity index is -0.0000000886. The second-order valence-electron chi connectivity index (χ2n) is 0.998. The van der Waals surface area contributed by atoms with Crippen LogP contribution in [0.3, 0.4) is 0 Å². The third kappa shape index (κ3) is 137. The topological polar surface area (TPSA) is 0 Å². The van der Waals surface area contributed by atoms with Crippen LogP contribution in [-0.4, -0.2) is 21.4 Å². The van der Waals surface area contributed by atoms with Crippen LogP contribution < -0.4 is 0 Å². The second kappa shape index (κ2) is 22.7. The summed E-state index contributed by atoms with van der Waals surface area (Å²) < 4.78 is 0. The standard InChI is InChI=1S/2C2H4Cl2.CH2BrCl/c1-2(3)4;3-1-2-4;2-1-3/h2H,1H3;1-2H2;1H2. The normalized spacial score (nSPS) is 7.64. The summed E-state index contributed by atoms with van der Waals surface area (Å²) in [6.07, 6.45) is 0. The van der Waals surface area contributed by atoms with Crippen LogP contribution in [0.4, 0.5) is 0 Å². The fourth-order valence-corrected chi connectivity index (χ4v) is 0. The molecule has 0 aliphatic carbocycles. The van der Waals surface area contributed by atoms with E-state index in [0.29, 0.717) is 16.5 Å². The molecule has 0 amide bonds. The van der Waals surface area contributed by atoms with Crippen LogP contribution >= 0.6 is 73.9 Å². The van der Waals surface area contributed by atoms with E-state index in [1.165, 1.54) is 0 Å². The molecule has 0 nitrogen and oxygen atoms in total. The first-order valence-electron chi connectivity index (χ1n) is 2.58. The summed E-state index contributed by atoms with van der Waals surface area (Å²) in [6.45, 7) is 1.70. The summed E-state index contributed by atoms with van der Waals surface area (Å²) in [5, 5.41) is 0. The van der Waals surface area contributed by atoms with Crippen molar-refractivity contribution < 1.29 is 0 Å². The average Bonchev–Trinajstić information content (AvgIpc) is 1.88. The van der Waals surface area contributed by atoms with Crippen LogP contribution in [0, 0.1) is 0 Å². The van der Waals surface area contributed by atoms with Crippen LogP contribution in [0.2, 0.25) is 0 Å². The summed E-state index contributed by atoms with van der Waals surface area (Å²) in [6, 6.07) is 0. The van der Waals surface area contributed by atoms with E-state index in [9.17, 15) is 0 Å². The van der Waals surface area contributed by atoms with Crippen LogP contribution in [0.5, 0.6) is 0 Å². The first-order chi connectivity index (χ1) is 5.06. The Morgan fingerprint density at radius 3 is 1.18 bits per heavy atom. The van der Waals surface area contributed by atoms with Gasteiger partial charge in [-0.05, 0) is 6.92 Å². The number of rotatable bonds is 1. The molecule has 11 heavy (non-hydrogen) atoms. The van der Waals surface area contributed by atoms with Gasteiger partial charge >= 0.3 is 0 Å². The molecule has 0 heterocycles. The third-order valence-electron chi connectivity index (χ3n) is 0.0714. The Kier molecular flexibility index (Phi) is 38.5. The van der Waals surface area contributed by atoms with Crippen molar-refractivity contribution >= 4 is 73.9 Å². The first kappa shape index (κ1) is 18.7. The molecule has 72 valence electrons. The molecule has 0 fully saturated rings. The molecule has 0 aliphatic rings. The minimum atomic E-state index is -0.222. The van der Waals surface area contributed by atoms with Gasteiger partial charge in [0.2, 0.25) is 0 Å². The number of alkyl halides is 6. The number of hydrogen-bond donors (Lipinski definition) is 0. The van der Waals surface area contributed by atoms with E-state index >= 15 is 0 Å². The van der Waals surface area contributed by atoms with Crippen LogP contribution in [0.15, 0.2) is 0 Å². The molecule has 6 heteroatoms. The highest BCUT2D eigenvalue weighted by Crippen LogP contribution is 1.95. The van der Waals surface area contributed by atoms with Crippen molar-refractivity contribution in [2.24, 2.45) is 0 Å². The maximum absolute atomic E-state index is 5.05. The third-order valence-corrected chi connectivity index (χ3v) is 0.643. The highest BCUT2D eigenvalue weighted by atomic mass is 79.9. The highest BCUT2D eigenvalue weighted by Gasteiger charge is 1.75. The van der Waals surface area contributed by atoms with Crippen molar-refractivity contribution in [3.8, 4) is 0 Å². The SMILES string of the molecule is CC(Cl)Cl.ClCBr.ClCCCl. The van der Waals surface area contributed by atoms with E-state index in [1.54, 1.807) is 6.92 Å². The van der Waals surface area contributed by atoms with Crippen molar-refractivity contribution in [2.75, 3.05) is 16.5 Å². The maximum atomic E-state index is 5.05. The van der Waals surface area contributed by atoms with Crippen molar-refractivity contribution in [2.45, 2.75) is 11.8 Å². The first-order valence-corrected chi connectivity index (χ1v) is 6.18. The molecule has 0 spiro atoms. The summed E-state index contributed by atoms with van der Waals surface area (Å²) >= 11 is 28.0. The van der Waals surface area contributed by atoms with Gasteiger partial charge in [0.25, 0.3) is 0 Å². The Hall–Kier alpha value is 1.93. The Morgan fingerprint density at radius 2 is 1.18 bits per heavy atom.